The summed E-state index contributed by atoms with van der Waals surface area (Å²) in [6, 6.07) is 13.7. The fraction of sp³-hybridized carbons (Fsp3) is 0.407. The molecule has 2 unspecified atom stereocenters. The van der Waals surface area contributed by atoms with E-state index in [0.29, 0.717) is 30.0 Å². The van der Waals surface area contributed by atoms with E-state index in [1.807, 2.05) is 54.1 Å². The lowest BCUT2D eigenvalue weighted by atomic mass is 9.77. The van der Waals surface area contributed by atoms with Crippen molar-refractivity contribution in [2.75, 3.05) is 7.11 Å². The van der Waals surface area contributed by atoms with Crippen molar-refractivity contribution in [1.29, 1.82) is 0 Å². The zero-order valence-corrected chi connectivity index (χ0v) is 22.2. The summed E-state index contributed by atoms with van der Waals surface area (Å²) in [4.78, 5) is 15.0. The van der Waals surface area contributed by atoms with E-state index >= 15 is 0 Å². The van der Waals surface area contributed by atoms with Crippen LogP contribution in [0.25, 0.3) is 11.0 Å². The second kappa shape index (κ2) is 11.8. The number of aryl methyl sites for hydroxylation is 2. The molecule has 1 aromatic heterocycles. The van der Waals surface area contributed by atoms with Crippen LogP contribution in [0, 0.1) is 10.7 Å². The summed E-state index contributed by atoms with van der Waals surface area (Å²) in [5.74, 6) is 0.437. The number of nitrogens with zero attached hydrogens (tertiary/aromatic N) is 1. The van der Waals surface area contributed by atoms with Crippen LogP contribution in [0.5, 0.6) is 5.75 Å². The van der Waals surface area contributed by atoms with Crippen LogP contribution in [-0.2, 0) is 23.0 Å². The first-order chi connectivity index (χ1) is 16.7. The zero-order chi connectivity index (χ0) is 25.6. The SMILES string of the molecule is CCCC(C)C1(CCc2ccc(OC)c(Cl)c2)CC(O)=CC(=O)O1.Cn1c(=S)[nH]c2ccccc21. The number of para-hydroxylation sites is 2. The van der Waals surface area contributed by atoms with Gasteiger partial charge in [-0.15, -0.1) is 0 Å². The number of aliphatic hydroxyl groups excluding tert-OH is 1. The molecule has 35 heavy (non-hydrogen) atoms. The summed E-state index contributed by atoms with van der Waals surface area (Å²) in [6.07, 6.45) is 4.81. The number of hydrogen-bond donors (Lipinski definition) is 2. The first-order valence-electron chi connectivity index (χ1n) is 11.8. The Labute approximate surface area is 216 Å². The van der Waals surface area contributed by atoms with E-state index in [1.165, 1.54) is 6.08 Å². The fourth-order valence-electron chi connectivity index (χ4n) is 4.52. The molecule has 0 bridgehead atoms. The second-order valence-corrected chi connectivity index (χ2v) is 9.76. The minimum Gasteiger partial charge on any atom is -0.512 e. The summed E-state index contributed by atoms with van der Waals surface area (Å²) in [5, 5.41) is 10.5. The second-order valence-electron chi connectivity index (χ2n) is 8.96. The summed E-state index contributed by atoms with van der Waals surface area (Å²) in [5.41, 5.74) is 2.63. The Bertz CT molecular complexity index is 1270. The van der Waals surface area contributed by atoms with Gasteiger partial charge in [0.15, 0.2) is 4.77 Å². The van der Waals surface area contributed by atoms with Crippen molar-refractivity contribution in [2.24, 2.45) is 13.0 Å². The van der Waals surface area contributed by atoms with Crippen molar-refractivity contribution < 1.29 is 19.4 Å². The van der Waals surface area contributed by atoms with Crippen LogP contribution < -0.4 is 4.74 Å². The number of esters is 1. The first kappa shape index (κ1) is 26.8. The number of H-pyrrole nitrogens is 1. The average molecular weight is 517 g/mol. The van der Waals surface area contributed by atoms with Gasteiger partial charge in [0.1, 0.15) is 17.1 Å². The van der Waals surface area contributed by atoms with Crippen molar-refractivity contribution in [3.05, 3.63) is 69.7 Å². The third-order valence-electron chi connectivity index (χ3n) is 6.55. The average Bonchev–Trinajstić information content (AvgIpc) is 3.11. The number of nitrogens with one attached hydrogen (secondary N) is 1. The lowest BCUT2D eigenvalue weighted by Crippen LogP contribution is -2.44. The number of rotatable bonds is 7. The van der Waals surface area contributed by atoms with Crippen molar-refractivity contribution in [1.82, 2.24) is 9.55 Å². The van der Waals surface area contributed by atoms with E-state index in [2.05, 4.69) is 18.8 Å². The van der Waals surface area contributed by atoms with E-state index in [4.69, 9.17) is 33.3 Å². The van der Waals surface area contributed by atoms with Crippen molar-refractivity contribution >= 4 is 40.8 Å². The number of ether oxygens (including phenoxy) is 2. The Morgan fingerprint density at radius 2 is 2.06 bits per heavy atom. The highest BCUT2D eigenvalue weighted by molar-refractivity contribution is 7.71. The third-order valence-corrected chi connectivity index (χ3v) is 7.22. The minimum absolute atomic E-state index is 0.0990. The molecular formula is C27H33ClN2O4S. The molecule has 2 heterocycles. The Kier molecular flexibility index (Phi) is 9.03. The normalized spacial score (nSPS) is 18.3. The largest absolute Gasteiger partial charge is 0.512 e. The van der Waals surface area contributed by atoms with Gasteiger partial charge in [0, 0.05) is 13.5 Å². The standard InChI is InChI=1S/C19H25ClO4.C8H8N2S/c1-4-5-13(2)19(12-15(21)11-18(22)24-19)9-8-14-6-7-17(23-3)16(20)10-14;1-10-7-5-3-2-4-6(7)9-8(10)11/h6-7,10-11,13,21H,4-5,8-9,12H2,1-3H3;2-5H,1H3,(H,9,11). The number of aromatic amines is 1. The van der Waals surface area contributed by atoms with Crippen LogP contribution in [-0.4, -0.2) is 33.3 Å². The minimum atomic E-state index is -0.668. The highest BCUT2D eigenvalue weighted by atomic mass is 35.5. The Morgan fingerprint density at radius 3 is 2.69 bits per heavy atom. The number of carbonyl (C=O) groups is 1. The molecule has 0 radical (unpaired) electrons. The lowest BCUT2D eigenvalue weighted by molar-refractivity contribution is -0.165. The summed E-state index contributed by atoms with van der Waals surface area (Å²) >= 11 is 11.2. The number of benzene rings is 2. The smallest absolute Gasteiger partial charge is 0.334 e. The lowest BCUT2D eigenvalue weighted by Gasteiger charge is -2.40. The van der Waals surface area contributed by atoms with E-state index in [9.17, 15) is 9.90 Å². The number of aliphatic hydroxyl groups is 1. The Hall–Kier alpha value is -2.77. The quantitative estimate of drug-likeness (QED) is 0.259. The van der Waals surface area contributed by atoms with Crippen molar-refractivity contribution in [3.8, 4) is 5.75 Å². The fourth-order valence-corrected chi connectivity index (χ4v) is 5.01. The van der Waals surface area contributed by atoms with Gasteiger partial charge < -0.3 is 24.1 Å². The van der Waals surface area contributed by atoms with Crippen LogP contribution in [0.15, 0.2) is 54.3 Å². The molecule has 1 aliphatic rings. The van der Waals surface area contributed by atoms with Crippen LogP contribution >= 0.6 is 23.8 Å². The molecule has 8 heteroatoms. The predicted octanol–water partition coefficient (Wildman–Crippen LogP) is 7.08. The van der Waals surface area contributed by atoms with E-state index in [1.54, 1.807) is 7.11 Å². The number of cyclic esters (lactones) is 1. The van der Waals surface area contributed by atoms with Crippen LogP contribution in [0.1, 0.15) is 45.1 Å². The molecule has 1 aliphatic heterocycles. The number of halogens is 1. The first-order valence-corrected chi connectivity index (χ1v) is 12.6. The number of imidazole rings is 1. The van der Waals surface area contributed by atoms with E-state index in [0.717, 1.165) is 34.2 Å². The number of hydrogen-bond acceptors (Lipinski definition) is 5. The molecule has 6 nitrogen and oxygen atoms in total. The van der Waals surface area contributed by atoms with Gasteiger partial charge in [-0.3, -0.25) is 0 Å². The van der Waals surface area contributed by atoms with Gasteiger partial charge in [-0.25, -0.2) is 4.79 Å². The van der Waals surface area contributed by atoms with Crippen molar-refractivity contribution in [3.63, 3.8) is 0 Å². The van der Waals surface area contributed by atoms with Gasteiger partial charge in [-0.1, -0.05) is 50.1 Å². The summed E-state index contributed by atoms with van der Waals surface area (Å²) < 4.78 is 13.6. The molecule has 0 fully saturated rings. The third kappa shape index (κ3) is 6.47. The molecule has 2 N–H and O–H groups in total. The highest BCUT2D eigenvalue weighted by Gasteiger charge is 2.42. The van der Waals surface area contributed by atoms with E-state index in [-0.39, 0.29) is 11.7 Å². The highest BCUT2D eigenvalue weighted by Crippen LogP contribution is 2.39. The van der Waals surface area contributed by atoms with Gasteiger partial charge in [0.25, 0.3) is 0 Å². The molecule has 0 aliphatic carbocycles. The van der Waals surface area contributed by atoms with Gasteiger partial charge in [-0.2, -0.15) is 0 Å². The molecule has 2 atom stereocenters. The monoisotopic (exact) mass is 516 g/mol. The number of fused-ring (bicyclic) bond motifs is 1. The van der Waals surface area contributed by atoms with Crippen LogP contribution in [0.4, 0.5) is 0 Å². The molecule has 0 saturated heterocycles. The zero-order valence-electron chi connectivity index (χ0n) is 20.6. The maximum atomic E-state index is 11.9. The number of methoxy groups -OCH3 is 1. The molecule has 3 aromatic rings. The molecular weight excluding hydrogens is 484 g/mol. The summed E-state index contributed by atoms with van der Waals surface area (Å²) in [7, 11) is 3.54. The number of aromatic nitrogens is 2. The Morgan fingerprint density at radius 1 is 1.31 bits per heavy atom. The van der Waals surface area contributed by atoms with Gasteiger partial charge >= 0.3 is 5.97 Å². The summed E-state index contributed by atoms with van der Waals surface area (Å²) in [6.45, 7) is 4.18. The van der Waals surface area contributed by atoms with Gasteiger partial charge in [-0.05, 0) is 67.2 Å². The van der Waals surface area contributed by atoms with Gasteiger partial charge in [0.2, 0.25) is 0 Å². The number of carbonyl (C=O) groups excluding carboxylic acids is 1. The van der Waals surface area contributed by atoms with Crippen LogP contribution in [0.2, 0.25) is 5.02 Å². The maximum Gasteiger partial charge on any atom is 0.334 e. The topological polar surface area (TPSA) is 76.5 Å². The van der Waals surface area contributed by atoms with Gasteiger partial charge in [0.05, 0.1) is 29.2 Å². The Balaban J connectivity index is 0.000000256. The van der Waals surface area contributed by atoms with E-state index < -0.39 is 11.6 Å². The van der Waals surface area contributed by atoms with Crippen LogP contribution in [0.3, 0.4) is 0 Å². The molecule has 0 saturated carbocycles. The predicted molar refractivity (Wildman–Crippen MR) is 143 cm³/mol. The molecule has 188 valence electrons. The maximum absolute atomic E-state index is 11.9. The molecule has 2 aromatic carbocycles. The van der Waals surface area contributed by atoms with Crippen molar-refractivity contribution in [2.45, 2.75) is 51.6 Å². The molecule has 4 rings (SSSR count). The molecule has 0 spiro atoms. The molecule has 0 amide bonds.